The van der Waals surface area contributed by atoms with E-state index in [4.69, 9.17) is 4.79 Å². The smallest absolute Gasteiger partial charge is 0.204 e. The molecule has 3 aromatic rings. The molecule has 2 aliphatic rings. The summed E-state index contributed by atoms with van der Waals surface area (Å²) in [5.74, 6) is 0.755. The number of nitrogens with zero attached hydrogens (tertiary/aromatic N) is 2. The Bertz CT molecular complexity index is 961. The Morgan fingerprint density at radius 3 is 2.29 bits per heavy atom. The number of nitrogens with two attached hydrogens (primary N) is 1. The molecule has 0 aliphatic carbocycles. The summed E-state index contributed by atoms with van der Waals surface area (Å²) in [4.78, 5) is 14.0. The quantitative estimate of drug-likeness (QED) is 0.643. The van der Waals surface area contributed by atoms with Crippen LogP contribution < -0.4 is 5.73 Å². The van der Waals surface area contributed by atoms with E-state index in [9.17, 15) is 0 Å². The Kier molecular flexibility index (Phi) is 7.34. The van der Waals surface area contributed by atoms with Crippen LogP contribution in [0.4, 0.5) is 0 Å². The molecule has 2 saturated heterocycles. The molecule has 0 radical (unpaired) electrons. The SMILES string of the molecule is NC=O.c1ccc(C2CCN(C3CCN(Cc4cccc5ccccc45)C3)CC2)cc1. The first-order valence-electron chi connectivity index (χ1n) is 11.4. The second kappa shape index (κ2) is 10.6. The number of hydrogen-bond donors (Lipinski definition) is 1. The summed E-state index contributed by atoms with van der Waals surface area (Å²) in [6, 6.07) is 27.4. The highest BCUT2D eigenvalue weighted by Crippen LogP contribution is 2.31. The normalized spacial score (nSPS) is 20.3. The summed E-state index contributed by atoms with van der Waals surface area (Å²) in [7, 11) is 0. The molecule has 2 aliphatic heterocycles. The lowest BCUT2D eigenvalue weighted by Gasteiger charge is -2.36. The van der Waals surface area contributed by atoms with Crippen molar-refractivity contribution in [2.45, 2.75) is 37.8 Å². The van der Waals surface area contributed by atoms with Gasteiger partial charge in [-0.25, -0.2) is 0 Å². The first-order valence-corrected chi connectivity index (χ1v) is 11.4. The van der Waals surface area contributed by atoms with Crippen LogP contribution in [0.5, 0.6) is 0 Å². The molecule has 0 aromatic heterocycles. The van der Waals surface area contributed by atoms with E-state index in [1.54, 1.807) is 0 Å². The highest BCUT2D eigenvalue weighted by atomic mass is 16.1. The van der Waals surface area contributed by atoms with Crippen molar-refractivity contribution >= 4 is 17.2 Å². The summed E-state index contributed by atoms with van der Waals surface area (Å²) in [6.45, 7) is 6.04. The van der Waals surface area contributed by atoms with Crippen molar-refractivity contribution in [3.63, 3.8) is 0 Å². The maximum absolute atomic E-state index is 8.58. The number of primary amides is 1. The fraction of sp³-hybridized carbons (Fsp3) is 0.370. The third kappa shape index (κ3) is 5.33. The first kappa shape index (κ1) is 21.5. The minimum Gasteiger partial charge on any atom is -0.372 e. The Labute approximate surface area is 185 Å². The highest BCUT2D eigenvalue weighted by Gasteiger charge is 2.30. The van der Waals surface area contributed by atoms with Crippen LogP contribution in [-0.2, 0) is 11.3 Å². The van der Waals surface area contributed by atoms with E-state index in [0.29, 0.717) is 0 Å². The van der Waals surface area contributed by atoms with Gasteiger partial charge in [0.25, 0.3) is 0 Å². The fourth-order valence-corrected chi connectivity index (χ4v) is 5.25. The van der Waals surface area contributed by atoms with Gasteiger partial charge in [-0.15, -0.1) is 0 Å². The van der Waals surface area contributed by atoms with Gasteiger partial charge in [0.15, 0.2) is 0 Å². The summed E-state index contributed by atoms with van der Waals surface area (Å²) in [5, 5.41) is 2.77. The minimum atomic E-state index is 0.250. The number of carbonyl (C=O) groups excluding carboxylic acids is 1. The number of benzene rings is 3. The first-order chi connectivity index (χ1) is 15.3. The molecule has 0 spiro atoms. The monoisotopic (exact) mass is 415 g/mol. The number of hydrogen-bond acceptors (Lipinski definition) is 3. The van der Waals surface area contributed by atoms with E-state index in [-0.39, 0.29) is 6.41 Å². The van der Waals surface area contributed by atoms with E-state index in [1.165, 1.54) is 67.3 Å². The largest absolute Gasteiger partial charge is 0.372 e. The number of rotatable bonds is 4. The van der Waals surface area contributed by atoms with Crippen molar-refractivity contribution in [2.24, 2.45) is 5.73 Å². The molecule has 2 heterocycles. The Balaban J connectivity index is 0.000000730. The van der Waals surface area contributed by atoms with E-state index >= 15 is 0 Å². The molecule has 4 nitrogen and oxygen atoms in total. The molecule has 4 heteroatoms. The average molecular weight is 416 g/mol. The van der Waals surface area contributed by atoms with Gasteiger partial charge in [0.1, 0.15) is 0 Å². The lowest BCUT2D eigenvalue weighted by Crippen LogP contribution is -2.42. The lowest BCUT2D eigenvalue weighted by atomic mass is 9.89. The van der Waals surface area contributed by atoms with Crippen LogP contribution in [0.15, 0.2) is 72.8 Å². The maximum Gasteiger partial charge on any atom is 0.204 e. The molecule has 3 aromatic carbocycles. The summed E-state index contributed by atoms with van der Waals surface area (Å²) >= 11 is 0. The third-order valence-corrected chi connectivity index (χ3v) is 6.84. The van der Waals surface area contributed by atoms with Crippen molar-refractivity contribution in [1.29, 1.82) is 0 Å². The van der Waals surface area contributed by atoms with Gasteiger partial charge >= 0.3 is 0 Å². The van der Waals surface area contributed by atoms with Gasteiger partial charge in [0, 0.05) is 25.7 Å². The van der Waals surface area contributed by atoms with Gasteiger partial charge < -0.3 is 5.73 Å². The van der Waals surface area contributed by atoms with Crippen LogP contribution in [0.3, 0.4) is 0 Å². The molecule has 1 amide bonds. The molecule has 2 fully saturated rings. The van der Waals surface area contributed by atoms with Gasteiger partial charge in [-0.05, 0) is 60.2 Å². The summed E-state index contributed by atoms with van der Waals surface area (Å²) in [5.41, 5.74) is 7.17. The van der Waals surface area contributed by atoms with Crippen LogP contribution >= 0.6 is 0 Å². The minimum absolute atomic E-state index is 0.250. The molecule has 0 saturated carbocycles. The topological polar surface area (TPSA) is 49.6 Å². The van der Waals surface area contributed by atoms with Gasteiger partial charge in [0.05, 0.1) is 0 Å². The van der Waals surface area contributed by atoms with E-state index in [1.807, 2.05) is 0 Å². The van der Waals surface area contributed by atoms with Crippen molar-refractivity contribution in [1.82, 2.24) is 9.80 Å². The fourth-order valence-electron chi connectivity index (χ4n) is 5.25. The predicted molar refractivity (Wildman–Crippen MR) is 128 cm³/mol. The molecule has 1 atom stereocenters. The summed E-state index contributed by atoms with van der Waals surface area (Å²) < 4.78 is 0. The summed E-state index contributed by atoms with van der Waals surface area (Å²) in [6.07, 6.45) is 4.19. The number of carbonyl (C=O) groups is 1. The Morgan fingerprint density at radius 2 is 1.52 bits per heavy atom. The van der Waals surface area contributed by atoms with E-state index in [2.05, 4.69) is 88.3 Å². The van der Waals surface area contributed by atoms with Crippen molar-refractivity contribution in [3.05, 3.63) is 83.9 Å². The van der Waals surface area contributed by atoms with Crippen molar-refractivity contribution in [3.8, 4) is 0 Å². The van der Waals surface area contributed by atoms with Crippen LogP contribution in [-0.4, -0.2) is 48.4 Å². The van der Waals surface area contributed by atoms with Crippen molar-refractivity contribution in [2.75, 3.05) is 26.2 Å². The molecule has 162 valence electrons. The van der Waals surface area contributed by atoms with Crippen LogP contribution in [0.25, 0.3) is 10.8 Å². The standard InChI is InChI=1S/C26H30N2.CH3NO/c1-2-7-21(8-3-1)22-13-17-28(18-14-22)25-15-16-27(20-25)19-24-11-6-10-23-9-4-5-12-26(23)24;2-1-3/h1-12,22,25H,13-20H2;1H,(H2,2,3). The molecular formula is C27H33N3O. The highest BCUT2D eigenvalue weighted by molar-refractivity contribution is 5.85. The van der Waals surface area contributed by atoms with Crippen molar-refractivity contribution < 1.29 is 4.79 Å². The number of amides is 1. The Hall–Kier alpha value is -2.69. The number of fused-ring (bicyclic) bond motifs is 1. The molecule has 31 heavy (non-hydrogen) atoms. The second-order valence-electron chi connectivity index (χ2n) is 8.67. The van der Waals surface area contributed by atoms with Gasteiger partial charge in [0.2, 0.25) is 6.41 Å². The zero-order valence-corrected chi connectivity index (χ0v) is 18.2. The van der Waals surface area contributed by atoms with E-state index < -0.39 is 0 Å². The third-order valence-electron chi connectivity index (χ3n) is 6.84. The van der Waals surface area contributed by atoms with Gasteiger partial charge in [-0.1, -0.05) is 72.8 Å². The van der Waals surface area contributed by atoms with E-state index in [0.717, 1.165) is 18.5 Å². The van der Waals surface area contributed by atoms with Crippen LogP contribution in [0, 0.1) is 0 Å². The maximum atomic E-state index is 8.58. The predicted octanol–water partition coefficient (Wildman–Crippen LogP) is 4.40. The second-order valence-corrected chi connectivity index (χ2v) is 8.67. The van der Waals surface area contributed by atoms with Gasteiger partial charge in [-0.3, -0.25) is 14.6 Å². The molecule has 2 N–H and O–H groups in total. The van der Waals surface area contributed by atoms with Crippen LogP contribution in [0.1, 0.15) is 36.3 Å². The molecule has 0 bridgehead atoms. The zero-order chi connectivity index (χ0) is 21.5. The zero-order valence-electron chi connectivity index (χ0n) is 18.2. The van der Waals surface area contributed by atoms with Crippen LogP contribution in [0.2, 0.25) is 0 Å². The molecular weight excluding hydrogens is 382 g/mol. The molecule has 5 rings (SSSR count). The lowest BCUT2D eigenvalue weighted by molar-refractivity contribution is -0.106. The number of likely N-dealkylation sites (tertiary alicyclic amines) is 2. The van der Waals surface area contributed by atoms with Gasteiger partial charge in [-0.2, -0.15) is 0 Å². The number of piperidine rings is 1. The molecule has 1 unspecified atom stereocenters. The Morgan fingerprint density at radius 1 is 0.839 bits per heavy atom. The average Bonchev–Trinajstić information content (AvgIpc) is 3.29.